The zero-order chi connectivity index (χ0) is 11.7. The topological polar surface area (TPSA) is 76.4 Å². The lowest BCUT2D eigenvalue weighted by Crippen LogP contribution is -2.15. The Kier molecular flexibility index (Phi) is 2.89. The van der Waals surface area contributed by atoms with E-state index in [1.165, 1.54) is 0 Å². The van der Waals surface area contributed by atoms with Crippen molar-refractivity contribution in [1.29, 1.82) is 0 Å². The number of fused-ring (bicyclic) bond motifs is 1. The molecular weight excluding hydrogens is 204 g/mol. The Bertz CT molecular complexity index is 492. The van der Waals surface area contributed by atoms with Crippen molar-refractivity contribution in [3.63, 3.8) is 0 Å². The number of aliphatic hydroxyl groups excluding tert-OH is 1. The van der Waals surface area contributed by atoms with Crippen LogP contribution >= 0.6 is 0 Å². The Labute approximate surface area is 93.9 Å². The molecule has 0 aliphatic carbocycles. The minimum absolute atomic E-state index is 0.112. The molecule has 0 aromatic carbocycles. The second kappa shape index (κ2) is 4.19. The highest BCUT2D eigenvalue weighted by atomic mass is 16.3. The number of nitrogens with zero attached hydrogens (tertiary/aromatic N) is 3. The quantitative estimate of drug-likeness (QED) is 0.803. The predicted octanol–water partition coefficient (Wildman–Crippen LogP) is 0.845. The van der Waals surface area contributed by atoms with Crippen LogP contribution in [-0.2, 0) is 0 Å². The van der Waals surface area contributed by atoms with E-state index < -0.39 is 6.04 Å². The van der Waals surface area contributed by atoms with Gasteiger partial charge in [0.1, 0.15) is 5.82 Å². The van der Waals surface area contributed by atoms with E-state index in [0.29, 0.717) is 11.6 Å². The molecule has 2 rings (SSSR count). The van der Waals surface area contributed by atoms with E-state index in [1.807, 2.05) is 10.6 Å². The van der Waals surface area contributed by atoms with Gasteiger partial charge >= 0.3 is 0 Å². The van der Waals surface area contributed by atoms with E-state index in [4.69, 9.17) is 10.8 Å². The second-order valence-electron chi connectivity index (χ2n) is 4.13. The number of aromatic nitrogens is 3. The minimum Gasteiger partial charge on any atom is -0.394 e. The monoisotopic (exact) mass is 220 g/mol. The number of hydrogen-bond acceptors (Lipinski definition) is 4. The average Bonchev–Trinajstić information content (AvgIpc) is 2.67. The maximum Gasteiger partial charge on any atom is 0.116 e. The molecule has 0 fully saturated rings. The van der Waals surface area contributed by atoms with E-state index in [-0.39, 0.29) is 6.61 Å². The molecule has 0 saturated carbocycles. The molecule has 5 nitrogen and oxygen atoms in total. The first-order chi connectivity index (χ1) is 7.65. The van der Waals surface area contributed by atoms with Gasteiger partial charge < -0.3 is 15.2 Å². The molecule has 0 aliphatic heterocycles. The van der Waals surface area contributed by atoms with Crippen LogP contribution in [0.4, 0.5) is 0 Å². The zero-order valence-corrected chi connectivity index (χ0v) is 9.46. The average molecular weight is 220 g/mol. The molecule has 0 aliphatic rings. The van der Waals surface area contributed by atoms with Crippen LogP contribution in [0.3, 0.4) is 0 Å². The van der Waals surface area contributed by atoms with Gasteiger partial charge in [0.05, 0.1) is 30.1 Å². The molecule has 0 saturated heterocycles. The van der Waals surface area contributed by atoms with Crippen LogP contribution in [-0.4, -0.2) is 26.1 Å². The summed E-state index contributed by atoms with van der Waals surface area (Å²) in [6, 6.07) is -0.452. The maximum absolute atomic E-state index is 9.10. The largest absolute Gasteiger partial charge is 0.394 e. The van der Waals surface area contributed by atoms with Gasteiger partial charge in [-0.1, -0.05) is 13.8 Å². The Balaban J connectivity index is 2.66. The van der Waals surface area contributed by atoms with Crippen molar-refractivity contribution in [2.45, 2.75) is 25.8 Å². The standard InChI is InChI=1S/C11H16N4O/c1-7(2)11-14-10(8(12)6-16)9-5-13-3-4-15(9)11/h3-5,7-8,16H,6,12H2,1-2H3. The summed E-state index contributed by atoms with van der Waals surface area (Å²) in [6.07, 6.45) is 5.31. The number of aliphatic hydroxyl groups is 1. The first-order valence-corrected chi connectivity index (χ1v) is 5.33. The molecule has 3 N–H and O–H groups in total. The van der Waals surface area contributed by atoms with Gasteiger partial charge in [0.15, 0.2) is 0 Å². The first kappa shape index (κ1) is 11.0. The van der Waals surface area contributed by atoms with E-state index in [2.05, 4.69) is 23.8 Å². The van der Waals surface area contributed by atoms with Gasteiger partial charge in [0.2, 0.25) is 0 Å². The molecule has 1 atom stereocenters. The van der Waals surface area contributed by atoms with Gasteiger partial charge in [0, 0.05) is 18.3 Å². The van der Waals surface area contributed by atoms with Crippen LogP contribution in [0.25, 0.3) is 5.52 Å². The van der Waals surface area contributed by atoms with Crippen LogP contribution in [0.5, 0.6) is 0 Å². The van der Waals surface area contributed by atoms with Gasteiger partial charge in [0.25, 0.3) is 0 Å². The number of hydrogen-bond donors (Lipinski definition) is 2. The normalized spacial score (nSPS) is 13.6. The molecule has 5 heteroatoms. The smallest absolute Gasteiger partial charge is 0.116 e. The molecule has 0 bridgehead atoms. The van der Waals surface area contributed by atoms with Crippen molar-refractivity contribution in [3.8, 4) is 0 Å². The Morgan fingerprint density at radius 1 is 1.50 bits per heavy atom. The van der Waals surface area contributed by atoms with Crippen LogP contribution in [0.2, 0.25) is 0 Å². The SMILES string of the molecule is CC(C)c1nc(C(N)CO)c2cnccn12. The molecule has 16 heavy (non-hydrogen) atoms. The Morgan fingerprint density at radius 3 is 2.88 bits per heavy atom. The lowest BCUT2D eigenvalue weighted by atomic mass is 10.2. The van der Waals surface area contributed by atoms with Crippen molar-refractivity contribution in [1.82, 2.24) is 14.4 Å². The second-order valence-corrected chi connectivity index (χ2v) is 4.13. The predicted molar refractivity (Wildman–Crippen MR) is 61.1 cm³/mol. The molecule has 2 heterocycles. The van der Waals surface area contributed by atoms with Crippen molar-refractivity contribution >= 4 is 5.52 Å². The fourth-order valence-corrected chi connectivity index (χ4v) is 1.75. The summed E-state index contributed by atoms with van der Waals surface area (Å²) in [7, 11) is 0. The highest BCUT2D eigenvalue weighted by molar-refractivity contribution is 5.53. The molecule has 0 amide bonds. The Morgan fingerprint density at radius 2 is 2.25 bits per heavy atom. The summed E-state index contributed by atoms with van der Waals surface area (Å²) in [5, 5.41) is 9.10. The van der Waals surface area contributed by atoms with Gasteiger partial charge in [-0.3, -0.25) is 4.98 Å². The third-order valence-electron chi connectivity index (χ3n) is 2.57. The number of nitrogens with two attached hydrogens (primary N) is 1. The molecule has 2 aromatic heterocycles. The summed E-state index contributed by atoms with van der Waals surface area (Å²) in [6.45, 7) is 4.03. The third kappa shape index (κ3) is 1.68. The summed E-state index contributed by atoms with van der Waals surface area (Å²) in [5.41, 5.74) is 7.40. The van der Waals surface area contributed by atoms with Crippen molar-refractivity contribution in [2.75, 3.05) is 6.61 Å². The van der Waals surface area contributed by atoms with E-state index in [1.54, 1.807) is 12.4 Å². The minimum atomic E-state index is -0.452. The highest BCUT2D eigenvalue weighted by Gasteiger charge is 2.17. The van der Waals surface area contributed by atoms with Crippen molar-refractivity contribution in [3.05, 3.63) is 30.1 Å². The molecule has 2 aromatic rings. The van der Waals surface area contributed by atoms with Gasteiger partial charge in [-0.2, -0.15) is 0 Å². The highest BCUT2D eigenvalue weighted by Crippen LogP contribution is 2.21. The Hall–Kier alpha value is -1.46. The van der Waals surface area contributed by atoms with Crippen LogP contribution < -0.4 is 5.73 Å². The lowest BCUT2D eigenvalue weighted by Gasteiger charge is -2.03. The number of rotatable bonds is 3. The van der Waals surface area contributed by atoms with E-state index >= 15 is 0 Å². The third-order valence-corrected chi connectivity index (χ3v) is 2.57. The molecule has 0 radical (unpaired) electrons. The van der Waals surface area contributed by atoms with Crippen LogP contribution in [0.1, 0.15) is 37.3 Å². The lowest BCUT2D eigenvalue weighted by molar-refractivity contribution is 0.266. The molecule has 1 unspecified atom stereocenters. The van der Waals surface area contributed by atoms with Crippen molar-refractivity contribution < 1.29 is 5.11 Å². The van der Waals surface area contributed by atoms with Gasteiger partial charge in [-0.25, -0.2) is 4.98 Å². The summed E-state index contributed by atoms with van der Waals surface area (Å²) < 4.78 is 1.97. The summed E-state index contributed by atoms with van der Waals surface area (Å²) in [4.78, 5) is 8.56. The van der Waals surface area contributed by atoms with Crippen LogP contribution in [0.15, 0.2) is 18.6 Å². The van der Waals surface area contributed by atoms with Gasteiger partial charge in [-0.15, -0.1) is 0 Å². The zero-order valence-electron chi connectivity index (χ0n) is 9.46. The maximum atomic E-state index is 9.10. The molecule has 86 valence electrons. The molecule has 0 spiro atoms. The van der Waals surface area contributed by atoms with E-state index in [0.717, 1.165) is 11.3 Å². The van der Waals surface area contributed by atoms with Gasteiger partial charge in [-0.05, 0) is 0 Å². The summed E-state index contributed by atoms with van der Waals surface area (Å²) in [5.74, 6) is 1.24. The molecular formula is C11H16N4O. The summed E-state index contributed by atoms with van der Waals surface area (Å²) >= 11 is 0. The van der Waals surface area contributed by atoms with Crippen molar-refractivity contribution in [2.24, 2.45) is 5.73 Å². The fraction of sp³-hybridized carbons (Fsp3) is 0.455. The number of imidazole rings is 1. The van der Waals surface area contributed by atoms with E-state index in [9.17, 15) is 0 Å². The van der Waals surface area contributed by atoms with Crippen LogP contribution in [0, 0.1) is 0 Å². The first-order valence-electron chi connectivity index (χ1n) is 5.33. The fourth-order valence-electron chi connectivity index (χ4n) is 1.75.